The lowest BCUT2D eigenvalue weighted by atomic mass is 10.1. The summed E-state index contributed by atoms with van der Waals surface area (Å²) >= 11 is 0. The monoisotopic (exact) mass is 329 g/mol. The fourth-order valence-corrected chi connectivity index (χ4v) is 2.16. The van der Waals surface area contributed by atoms with Crippen molar-refractivity contribution in [3.63, 3.8) is 0 Å². The highest BCUT2D eigenvalue weighted by Crippen LogP contribution is 2.21. The van der Waals surface area contributed by atoms with E-state index in [1.807, 2.05) is 6.92 Å². The van der Waals surface area contributed by atoms with Gasteiger partial charge in [0.15, 0.2) is 0 Å². The van der Waals surface area contributed by atoms with Crippen molar-refractivity contribution < 1.29 is 14.0 Å². The SMILES string of the molecule is Cc1ccc(NC(=O)CCCN)cc1NC(=O)c1ccccc1F. The van der Waals surface area contributed by atoms with Crippen LogP contribution in [0.5, 0.6) is 0 Å². The van der Waals surface area contributed by atoms with E-state index in [-0.39, 0.29) is 11.5 Å². The molecular formula is C18H20FN3O2. The molecule has 4 N–H and O–H groups in total. The number of amides is 2. The molecule has 0 aliphatic carbocycles. The van der Waals surface area contributed by atoms with Crippen molar-refractivity contribution in [1.29, 1.82) is 0 Å². The number of hydrogen-bond donors (Lipinski definition) is 3. The van der Waals surface area contributed by atoms with Crippen LogP contribution in [0.4, 0.5) is 15.8 Å². The molecule has 2 aromatic rings. The van der Waals surface area contributed by atoms with Gasteiger partial charge in [-0.05, 0) is 49.7 Å². The molecule has 2 aromatic carbocycles. The molecule has 0 bridgehead atoms. The Hall–Kier alpha value is -2.73. The summed E-state index contributed by atoms with van der Waals surface area (Å²) in [6.07, 6.45) is 0.940. The Morgan fingerprint density at radius 2 is 1.88 bits per heavy atom. The summed E-state index contributed by atoms with van der Waals surface area (Å²) in [5, 5.41) is 5.42. The highest BCUT2D eigenvalue weighted by Gasteiger charge is 2.13. The molecule has 6 heteroatoms. The summed E-state index contributed by atoms with van der Waals surface area (Å²) < 4.78 is 13.7. The zero-order valence-electron chi connectivity index (χ0n) is 13.4. The van der Waals surface area contributed by atoms with Gasteiger partial charge in [0.25, 0.3) is 5.91 Å². The van der Waals surface area contributed by atoms with Gasteiger partial charge >= 0.3 is 0 Å². The number of carbonyl (C=O) groups excluding carboxylic acids is 2. The smallest absolute Gasteiger partial charge is 0.258 e. The summed E-state index contributed by atoms with van der Waals surface area (Å²) in [7, 11) is 0. The van der Waals surface area contributed by atoms with Gasteiger partial charge in [0.05, 0.1) is 5.56 Å². The minimum Gasteiger partial charge on any atom is -0.330 e. The number of nitrogens with one attached hydrogen (secondary N) is 2. The fourth-order valence-electron chi connectivity index (χ4n) is 2.16. The van der Waals surface area contributed by atoms with Gasteiger partial charge in [-0.25, -0.2) is 4.39 Å². The van der Waals surface area contributed by atoms with Crippen LogP contribution in [0.2, 0.25) is 0 Å². The molecule has 0 saturated carbocycles. The molecule has 0 radical (unpaired) electrons. The topological polar surface area (TPSA) is 84.2 Å². The molecule has 2 rings (SSSR count). The van der Waals surface area contributed by atoms with Crippen molar-refractivity contribution in [3.8, 4) is 0 Å². The van der Waals surface area contributed by atoms with Crippen LogP contribution in [-0.4, -0.2) is 18.4 Å². The Kier molecular flexibility index (Phi) is 6.03. The first-order valence-electron chi connectivity index (χ1n) is 7.67. The Labute approximate surface area is 140 Å². The Morgan fingerprint density at radius 3 is 2.58 bits per heavy atom. The van der Waals surface area contributed by atoms with Crippen LogP contribution >= 0.6 is 0 Å². The molecule has 0 aliphatic heterocycles. The van der Waals surface area contributed by atoms with Crippen LogP contribution in [0.15, 0.2) is 42.5 Å². The zero-order valence-corrected chi connectivity index (χ0v) is 13.4. The van der Waals surface area contributed by atoms with Gasteiger partial charge in [-0.15, -0.1) is 0 Å². The highest BCUT2D eigenvalue weighted by atomic mass is 19.1. The summed E-state index contributed by atoms with van der Waals surface area (Å²) in [6.45, 7) is 2.27. The van der Waals surface area contributed by atoms with Crippen LogP contribution in [-0.2, 0) is 4.79 Å². The molecule has 2 amide bonds. The van der Waals surface area contributed by atoms with Gasteiger partial charge in [-0.1, -0.05) is 18.2 Å². The maximum absolute atomic E-state index is 13.7. The minimum atomic E-state index is -0.584. The van der Waals surface area contributed by atoms with Gasteiger partial charge in [0.2, 0.25) is 5.91 Å². The van der Waals surface area contributed by atoms with Crippen molar-refractivity contribution in [2.75, 3.05) is 17.2 Å². The predicted molar refractivity (Wildman–Crippen MR) is 92.5 cm³/mol. The van der Waals surface area contributed by atoms with Crippen LogP contribution < -0.4 is 16.4 Å². The van der Waals surface area contributed by atoms with Gasteiger partial charge in [-0.2, -0.15) is 0 Å². The lowest BCUT2D eigenvalue weighted by Gasteiger charge is -2.12. The molecule has 126 valence electrons. The van der Waals surface area contributed by atoms with Crippen LogP contribution in [0, 0.1) is 12.7 Å². The standard InChI is InChI=1S/C18H20FN3O2/c1-12-8-9-13(21-17(23)7-4-10-20)11-16(12)22-18(24)14-5-2-3-6-15(14)19/h2-3,5-6,8-9,11H,4,7,10,20H2,1H3,(H,21,23)(H,22,24). The summed E-state index contributed by atoms with van der Waals surface area (Å²) in [6, 6.07) is 10.9. The van der Waals surface area contributed by atoms with Crippen molar-refractivity contribution >= 4 is 23.2 Å². The Bertz CT molecular complexity index is 747. The first-order chi connectivity index (χ1) is 11.5. The van der Waals surface area contributed by atoms with Gasteiger partial charge < -0.3 is 16.4 Å². The van der Waals surface area contributed by atoms with E-state index >= 15 is 0 Å². The predicted octanol–water partition coefficient (Wildman–Crippen LogP) is 3.06. The van der Waals surface area contributed by atoms with E-state index in [0.29, 0.717) is 30.8 Å². The maximum atomic E-state index is 13.7. The number of halogens is 1. The molecular weight excluding hydrogens is 309 g/mol. The van der Waals surface area contributed by atoms with Gasteiger partial charge in [0.1, 0.15) is 5.82 Å². The zero-order chi connectivity index (χ0) is 17.5. The third-order valence-corrected chi connectivity index (χ3v) is 3.50. The van der Waals surface area contributed by atoms with E-state index in [0.717, 1.165) is 5.56 Å². The van der Waals surface area contributed by atoms with Crippen LogP contribution in [0.1, 0.15) is 28.8 Å². The van der Waals surface area contributed by atoms with Crippen LogP contribution in [0.25, 0.3) is 0 Å². The average molecular weight is 329 g/mol. The number of benzene rings is 2. The second kappa shape index (κ2) is 8.21. The highest BCUT2D eigenvalue weighted by molar-refractivity contribution is 6.05. The average Bonchev–Trinajstić information content (AvgIpc) is 2.56. The molecule has 0 aliphatic rings. The minimum absolute atomic E-state index is 0.0331. The Morgan fingerprint density at radius 1 is 1.12 bits per heavy atom. The lowest BCUT2D eigenvalue weighted by Crippen LogP contribution is -2.16. The molecule has 0 fully saturated rings. The van der Waals surface area contributed by atoms with E-state index in [1.54, 1.807) is 24.3 Å². The van der Waals surface area contributed by atoms with Crippen LogP contribution in [0.3, 0.4) is 0 Å². The van der Waals surface area contributed by atoms with Gasteiger partial charge in [0, 0.05) is 17.8 Å². The van der Waals surface area contributed by atoms with Gasteiger partial charge in [-0.3, -0.25) is 9.59 Å². The maximum Gasteiger partial charge on any atom is 0.258 e. The summed E-state index contributed by atoms with van der Waals surface area (Å²) in [4.78, 5) is 24.0. The first-order valence-corrected chi connectivity index (χ1v) is 7.67. The third kappa shape index (κ3) is 4.63. The lowest BCUT2D eigenvalue weighted by molar-refractivity contribution is -0.116. The van der Waals surface area contributed by atoms with Crippen molar-refractivity contribution in [1.82, 2.24) is 0 Å². The molecule has 0 atom stereocenters. The van der Waals surface area contributed by atoms with E-state index in [4.69, 9.17) is 5.73 Å². The molecule has 0 heterocycles. The molecule has 5 nitrogen and oxygen atoms in total. The number of nitrogens with two attached hydrogens (primary N) is 1. The summed E-state index contributed by atoms with van der Waals surface area (Å²) in [5.74, 6) is -1.27. The fraction of sp³-hybridized carbons (Fsp3) is 0.222. The number of anilines is 2. The van der Waals surface area contributed by atoms with E-state index in [9.17, 15) is 14.0 Å². The normalized spacial score (nSPS) is 10.3. The first kappa shape index (κ1) is 17.6. The van der Waals surface area contributed by atoms with E-state index < -0.39 is 11.7 Å². The molecule has 0 saturated heterocycles. The summed E-state index contributed by atoms with van der Waals surface area (Å²) in [5.41, 5.74) is 7.23. The largest absolute Gasteiger partial charge is 0.330 e. The third-order valence-electron chi connectivity index (χ3n) is 3.50. The Balaban J connectivity index is 2.12. The number of hydrogen-bond acceptors (Lipinski definition) is 3. The quantitative estimate of drug-likeness (QED) is 0.761. The van der Waals surface area contributed by atoms with E-state index in [1.165, 1.54) is 18.2 Å². The molecule has 0 unspecified atom stereocenters. The number of carbonyl (C=O) groups is 2. The molecule has 0 aromatic heterocycles. The number of aryl methyl sites for hydroxylation is 1. The molecule has 0 spiro atoms. The van der Waals surface area contributed by atoms with Crippen molar-refractivity contribution in [2.45, 2.75) is 19.8 Å². The van der Waals surface area contributed by atoms with Crippen molar-refractivity contribution in [3.05, 3.63) is 59.4 Å². The van der Waals surface area contributed by atoms with Crippen molar-refractivity contribution in [2.24, 2.45) is 5.73 Å². The number of rotatable bonds is 6. The second-order valence-corrected chi connectivity index (χ2v) is 5.40. The second-order valence-electron chi connectivity index (χ2n) is 5.40. The molecule has 24 heavy (non-hydrogen) atoms. The van der Waals surface area contributed by atoms with E-state index in [2.05, 4.69) is 10.6 Å².